The first-order valence-corrected chi connectivity index (χ1v) is 7.49. The zero-order valence-corrected chi connectivity index (χ0v) is 14.0. The van der Waals surface area contributed by atoms with Gasteiger partial charge in [0.1, 0.15) is 11.4 Å². The molecule has 0 radical (unpaired) electrons. The molecule has 1 amide bonds. The van der Waals surface area contributed by atoms with Gasteiger partial charge in [0, 0.05) is 17.2 Å². The minimum absolute atomic E-state index is 0.0292. The number of aliphatic carboxylic acids is 1. The van der Waals surface area contributed by atoms with Crippen molar-refractivity contribution >= 4 is 17.7 Å². The number of aromatic hydroxyl groups is 1. The zero-order chi connectivity index (χ0) is 17.6. The van der Waals surface area contributed by atoms with Crippen LogP contribution < -0.4 is 5.32 Å². The van der Waals surface area contributed by atoms with Gasteiger partial charge in [0.05, 0.1) is 5.92 Å². The summed E-state index contributed by atoms with van der Waals surface area (Å²) in [5.41, 5.74) is -0.0697. The Labute approximate surface area is 135 Å². The topological polar surface area (TPSA) is 95.9 Å². The number of hydrogen-bond donors (Lipinski definition) is 3. The van der Waals surface area contributed by atoms with Crippen LogP contribution in [0.2, 0.25) is 0 Å². The SMILES string of the molecule is CC(C)(C)OC(=O)Nc1ccc(O)c([C@@H]2[C@@H](C(=O)O)C2(C)C)c1. The molecule has 0 aliphatic heterocycles. The van der Waals surface area contributed by atoms with Gasteiger partial charge in [-0.05, 0) is 44.4 Å². The third-order valence-electron chi connectivity index (χ3n) is 4.10. The molecular formula is C17H23NO5. The minimum atomic E-state index is -0.884. The number of nitrogens with one attached hydrogen (secondary N) is 1. The van der Waals surface area contributed by atoms with E-state index in [9.17, 15) is 19.8 Å². The maximum atomic E-state index is 11.8. The highest BCUT2D eigenvalue weighted by Crippen LogP contribution is 2.65. The molecule has 0 bridgehead atoms. The van der Waals surface area contributed by atoms with Crippen molar-refractivity contribution in [2.24, 2.45) is 11.3 Å². The van der Waals surface area contributed by atoms with E-state index in [-0.39, 0.29) is 11.7 Å². The lowest BCUT2D eigenvalue weighted by Gasteiger charge is -2.20. The third kappa shape index (κ3) is 3.57. The second-order valence-corrected chi connectivity index (χ2v) is 7.52. The van der Waals surface area contributed by atoms with E-state index < -0.39 is 29.0 Å². The molecule has 126 valence electrons. The van der Waals surface area contributed by atoms with Crippen LogP contribution in [0.1, 0.15) is 46.1 Å². The molecule has 6 nitrogen and oxygen atoms in total. The van der Waals surface area contributed by atoms with Gasteiger partial charge in [0.15, 0.2) is 0 Å². The first-order chi connectivity index (χ1) is 10.4. The predicted molar refractivity (Wildman–Crippen MR) is 85.6 cm³/mol. The van der Waals surface area contributed by atoms with Gasteiger partial charge in [-0.2, -0.15) is 0 Å². The van der Waals surface area contributed by atoms with Crippen LogP contribution >= 0.6 is 0 Å². The third-order valence-corrected chi connectivity index (χ3v) is 4.10. The van der Waals surface area contributed by atoms with E-state index in [4.69, 9.17) is 4.74 Å². The van der Waals surface area contributed by atoms with Gasteiger partial charge >= 0.3 is 12.1 Å². The summed E-state index contributed by atoms with van der Waals surface area (Å²) in [7, 11) is 0. The van der Waals surface area contributed by atoms with Gasteiger partial charge in [-0.3, -0.25) is 10.1 Å². The molecular weight excluding hydrogens is 298 g/mol. The second kappa shape index (κ2) is 5.44. The number of rotatable bonds is 3. The molecule has 0 aromatic heterocycles. The summed E-state index contributed by atoms with van der Waals surface area (Å²) >= 11 is 0. The zero-order valence-electron chi connectivity index (χ0n) is 14.0. The predicted octanol–water partition coefficient (Wildman–Crippen LogP) is 3.56. The summed E-state index contributed by atoms with van der Waals surface area (Å²) in [6.45, 7) is 8.99. The lowest BCUT2D eigenvalue weighted by atomic mass is 10.0. The largest absolute Gasteiger partial charge is 0.508 e. The maximum absolute atomic E-state index is 11.8. The molecule has 3 N–H and O–H groups in total. The number of carbonyl (C=O) groups is 2. The number of carboxylic acids is 1. The fourth-order valence-electron chi connectivity index (χ4n) is 2.98. The summed E-state index contributed by atoms with van der Waals surface area (Å²) in [4.78, 5) is 23.1. The highest BCUT2D eigenvalue weighted by Gasteiger charge is 2.63. The molecule has 1 fully saturated rings. The Morgan fingerprint density at radius 3 is 2.35 bits per heavy atom. The van der Waals surface area contributed by atoms with Crippen LogP contribution in [0.25, 0.3) is 0 Å². The molecule has 1 aromatic rings. The van der Waals surface area contributed by atoms with Gasteiger partial charge < -0.3 is 14.9 Å². The minimum Gasteiger partial charge on any atom is -0.508 e. The van der Waals surface area contributed by atoms with Crippen molar-refractivity contribution in [1.82, 2.24) is 0 Å². The van der Waals surface area contributed by atoms with Crippen LogP contribution in [0.4, 0.5) is 10.5 Å². The summed E-state index contributed by atoms with van der Waals surface area (Å²) in [5, 5.41) is 21.9. The Balaban J connectivity index is 2.21. The molecule has 0 saturated heterocycles. The molecule has 2 rings (SSSR count). The average molecular weight is 321 g/mol. The molecule has 1 aromatic carbocycles. The van der Waals surface area contributed by atoms with E-state index >= 15 is 0 Å². The Hall–Kier alpha value is -2.24. The molecule has 1 aliphatic carbocycles. The van der Waals surface area contributed by atoms with Crippen molar-refractivity contribution < 1.29 is 24.5 Å². The number of ether oxygens (including phenoxy) is 1. The summed E-state index contributed by atoms with van der Waals surface area (Å²) in [6, 6.07) is 4.61. The van der Waals surface area contributed by atoms with Crippen LogP contribution in [0, 0.1) is 11.3 Å². The maximum Gasteiger partial charge on any atom is 0.412 e. The molecule has 6 heteroatoms. The molecule has 0 heterocycles. The fraction of sp³-hybridized carbons (Fsp3) is 0.529. The van der Waals surface area contributed by atoms with Crippen molar-refractivity contribution in [2.45, 2.75) is 46.1 Å². The Morgan fingerprint density at radius 1 is 1.26 bits per heavy atom. The van der Waals surface area contributed by atoms with E-state index in [0.29, 0.717) is 11.3 Å². The average Bonchev–Trinajstić information content (AvgIpc) is 2.92. The highest BCUT2D eigenvalue weighted by atomic mass is 16.6. The van der Waals surface area contributed by atoms with Gasteiger partial charge in [-0.1, -0.05) is 13.8 Å². The Kier molecular flexibility index (Phi) is 4.05. The van der Waals surface area contributed by atoms with E-state index in [1.165, 1.54) is 6.07 Å². The normalized spacial score (nSPS) is 22.3. The number of benzene rings is 1. The number of carboxylic acid groups (broad SMARTS) is 1. The van der Waals surface area contributed by atoms with Crippen molar-refractivity contribution in [2.75, 3.05) is 5.32 Å². The van der Waals surface area contributed by atoms with E-state index in [1.807, 2.05) is 13.8 Å². The van der Waals surface area contributed by atoms with Crippen LogP contribution in [-0.4, -0.2) is 27.9 Å². The Bertz CT molecular complexity index is 645. The first-order valence-electron chi connectivity index (χ1n) is 7.49. The van der Waals surface area contributed by atoms with E-state index in [0.717, 1.165) is 0 Å². The number of amides is 1. The molecule has 2 atom stereocenters. The van der Waals surface area contributed by atoms with Gasteiger partial charge in [0.25, 0.3) is 0 Å². The van der Waals surface area contributed by atoms with Crippen molar-refractivity contribution in [1.29, 1.82) is 0 Å². The van der Waals surface area contributed by atoms with Gasteiger partial charge in [-0.15, -0.1) is 0 Å². The van der Waals surface area contributed by atoms with Gasteiger partial charge in [0.2, 0.25) is 0 Å². The molecule has 23 heavy (non-hydrogen) atoms. The van der Waals surface area contributed by atoms with Crippen LogP contribution in [0.3, 0.4) is 0 Å². The highest BCUT2D eigenvalue weighted by molar-refractivity contribution is 5.85. The summed E-state index contributed by atoms with van der Waals surface area (Å²) < 4.78 is 5.18. The van der Waals surface area contributed by atoms with Crippen LogP contribution in [-0.2, 0) is 9.53 Å². The molecule has 1 aliphatic rings. The quantitative estimate of drug-likeness (QED) is 0.740. The van der Waals surface area contributed by atoms with Crippen molar-refractivity contribution in [3.63, 3.8) is 0 Å². The smallest absolute Gasteiger partial charge is 0.412 e. The fourth-order valence-corrected chi connectivity index (χ4v) is 2.98. The van der Waals surface area contributed by atoms with Crippen LogP contribution in [0.5, 0.6) is 5.75 Å². The van der Waals surface area contributed by atoms with Crippen molar-refractivity contribution in [3.05, 3.63) is 23.8 Å². The Morgan fingerprint density at radius 2 is 1.87 bits per heavy atom. The monoisotopic (exact) mass is 321 g/mol. The van der Waals surface area contributed by atoms with Crippen LogP contribution in [0.15, 0.2) is 18.2 Å². The lowest BCUT2D eigenvalue weighted by Crippen LogP contribution is -2.27. The van der Waals surface area contributed by atoms with E-state index in [2.05, 4.69) is 5.32 Å². The van der Waals surface area contributed by atoms with Gasteiger partial charge in [-0.25, -0.2) is 4.79 Å². The number of anilines is 1. The molecule has 0 spiro atoms. The first kappa shape index (κ1) is 17.1. The number of phenols is 1. The number of hydrogen-bond acceptors (Lipinski definition) is 4. The standard InChI is InChI=1S/C17H23NO5/c1-16(2,3)23-15(22)18-9-6-7-11(19)10(8-9)12-13(14(20)21)17(12,4)5/h6-8,12-13,19H,1-5H3,(H,18,22)(H,20,21)/t12-,13+/m1/s1. The second-order valence-electron chi connectivity index (χ2n) is 7.52. The summed E-state index contributed by atoms with van der Waals surface area (Å²) in [6.07, 6.45) is -0.598. The lowest BCUT2D eigenvalue weighted by molar-refractivity contribution is -0.139. The summed E-state index contributed by atoms with van der Waals surface area (Å²) in [5.74, 6) is -1.70. The molecule has 1 saturated carbocycles. The molecule has 0 unspecified atom stereocenters. The van der Waals surface area contributed by atoms with E-state index in [1.54, 1.807) is 32.9 Å². The number of phenolic OH excluding ortho intramolecular Hbond substituents is 1. The number of carbonyl (C=O) groups excluding carboxylic acids is 1. The van der Waals surface area contributed by atoms with Crippen molar-refractivity contribution in [3.8, 4) is 5.75 Å².